The van der Waals surface area contributed by atoms with Crippen molar-refractivity contribution < 1.29 is 14.6 Å². The molecule has 1 aliphatic rings. The van der Waals surface area contributed by atoms with Crippen LogP contribution < -0.4 is 4.74 Å². The number of hydrogen-bond donors (Lipinski definition) is 1. The van der Waals surface area contributed by atoms with E-state index in [0.29, 0.717) is 11.6 Å². The third-order valence-electron chi connectivity index (χ3n) is 3.90. The standard InChI is InChI=1S/C15H24N2O3/c1-15(2,3)12-11(14(18)19)13(20-4)17(16-12)10-8-6-5-7-9-10/h10H,5-9H2,1-4H3,(H,18,19). The molecule has 1 N–H and O–H groups in total. The van der Waals surface area contributed by atoms with E-state index in [1.54, 1.807) is 0 Å². The van der Waals surface area contributed by atoms with Gasteiger partial charge in [0, 0.05) is 5.41 Å². The third-order valence-corrected chi connectivity index (χ3v) is 3.90. The minimum Gasteiger partial charge on any atom is -0.481 e. The molecule has 0 bridgehead atoms. The second kappa shape index (κ2) is 5.46. The topological polar surface area (TPSA) is 64.3 Å². The van der Waals surface area contributed by atoms with Crippen molar-refractivity contribution in [2.45, 2.75) is 64.3 Å². The first-order valence-electron chi connectivity index (χ1n) is 7.26. The largest absolute Gasteiger partial charge is 0.481 e. The van der Waals surface area contributed by atoms with E-state index in [2.05, 4.69) is 5.10 Å². The Morgan fingerprint density at radius 1 is 1.30 bits per heavy atom. The van der Waals surface area contributed by atoms with Gasteiger partial charge >= 0.3 is 5.97 Å². The molecule has 0 radical (unpaired) electrons. The van der Waals surface area contributed by atoms with Crippen LogP contribution in [0.15, 0.2) is 0 Å². The van der Waals surface area contributed by atoms with E-state index in [9.17, 15) is 9.90 Å². The van der Waals surface area contributed by atoms with Crippen LogP contribution in [0, 0.1) is 0 Å². The molecule has 0 aliphatic heterocycles. The number of carbonyl (C=O) groups is 1. The number of ether oxygens (including phenoxy) is 1. The SMILES string of the molecule is COc1c(C(=O)O)c(C(C)(C)C)nn1C1CCCCC1. The summed E-state index contributed by atoms with van der Waals surface area (Å²) >= 11 is 0. The summed E-state index contributed by atoms with van der Waals surface area (Å²) < 4.78 is 7.20. The van der Waals surface area contributed by atoms with Gasteiger partial charge in [0.1, 0.15) is 5.56 Å². The van der Waals surface area contributed by atoms with E-state index in [1.807, 2.05) is 25.5 Å². The molecule has 112 valence electrons. The molecule has 0 spiro atoms. The Bertz CT molecular complexity index is 494. The van der Waals surface area contributed by atoms with E-state index in [-0.39, 0.29) is 17.0 Å². The summed E-state index contributed by atoms with van der Waals surface area (Å²) in [6, 6.07) is 0.257. The third kappa shape index (κ3) is 2.67. The van der Waals surface area contributed by atoms with Gasteiger partial charge < -0.3 is 9.84 Å². The number of carboxylic acid groups (broad SMARTS) is 1. The zero-order chi connectivity index (χ0) is 14.9. The summed E-state index contributed by atoms with van der Waals surface area (Å²) in [5, 5.41) is 14.1. The molecule has 2 rings (SSSR count). The van der Waals surface area contributed by atoms with Crippen LogP contribution in [0.2, 0.25) is 0 Å². The lowest BCUT2D eigenvalue weighted by Crippen LogP contribution is -2.18. The number of hydrogen-bond acceptors (Lipinski definition) is 3. The average Bonchev–Trinajstić information content (AvgIpc) is 2.79. The van der Waals surface area contributed by atoms with E-state index in [0.717, 1.165) is 12.8 Å². The van der Waals surface area contributed by atoms with Gasteiger partial charge in [-0.2, -0.15) is 5.10 Å². The number of rotatable bonds is 3. The average molecular weight is 280 g/mol. The molecule has 0 unspecified atom stereocenters. The van der Waals surface area contributed by atoms with Crippen molar-refractivity contribution in [1.29, 1.82) is 0 Å². The molecule has 1 aliphatic carbocycles. The van der Waals surface area contributed by atoms with Crippen molar-refractivity contribution in [2.24, 2.45) is 0 Å². The molecular weight excluding hydrogens is 256 g/mol. The monoisotopic (exact) mass is 280 g/mol. The van der Waals surface area contributed by atoms with E-state index in [4.69, 9.17) is 4.74 Å². The minimum absolute atomic E-state index is 0.213. The fraction of sp³-hybridized carbons (Fsp3) is 0.733. The van der Waals surface area contributed by atoms with Gasteiger partial charge in [0.05, 0.1) is 18.8 Å². The molecule has 0 saturated heterocycles. The van der Waals surface area contributed by atoms with Crippen LogP contribution >= 0.6 is 0 Å². The fourth-order valence-electron chi connectivity index (χ4n) is 2.91. The van der Waals surface area contributed by atoms with Gasteiger partial charge in [0.2, 0.25) is 5.88 Å². The Balaban J connectivity index is 2.54. The lowest BCUT2D eigenvalue weighted by molar-refractivity contribution is 0.0690. The second-order valence-electron chi connectivity index (χ2n) is 6.52. The maximum absolute atomic E-state index is 11.6. The van der Waals surface area contributed by atoms with Crippen molar-refractivity contribution in [3.05, 3.63) is 11.3 Å². The van der Waals surface area contributed by atoms with Gasteiger partial charge in [-0.15, -0.1) is 0 Å². The molecule has 1 aromatic rings. The van der Waals surface area contributed by atoms with Crippen molar-refractivity contribution in [1.82, 2.24) is 9.78 Å². The summed E-state index contributed by atoms with van der Waals surface area (Å²) in [6.45, 7) is 5.94. The fourth-order valence-corrected chi connectivity index (χ4v) is 2.91. The van der Waals surface area contributed by atoms with E-state index < -0.39 is 5.97 Å². The van der Waals surface area contributed by atoms with Crippen molar-refractivity contribution in [3.8, 4) is 5.88 Å². The zero-order valence-electron chi connectivity index (χ0n) is 12.8. The summed E-state index contributed by atoms with van der Waals surface area (Å²) in [5.74, 6) is -0.567. The van der Waals surface area contributed by atoms with Gasteiger partial charge in [0.25, 0.3) is 0 Å². The van der Waals surface area contributed by atoms with Gasteiger partial charge in [-0.1, -0.05) is 40.0 Å². The Kier molecular flexibility index (Phi) is 4.06. The highest BCUT2D eigenvalue weighted by Gasteiger charge is 2.33. The Hall–Kier alpha value is -1.52. The quantitative estimate of drug-likeness (QED) is 0.921. The molecule has 1 saturated carbocycles. The normalized spacial score (nSPS) is 17.2. The van der Waals surface area contributed by atoms with E-state index in [1.165, 1.54) is 26.4 Å². The molecule has 0 amide bonds. The smallest absolute Gasteiger partial charge is 0.343 e. The van der Waals surface area contributed by atoms with Gasteiger partial charge in [-0.25, -0.2) is 9.48 Å². The number of nitrogens with zero attached hydrogens (tertiary/aromatic N) is 2. The molecule has 20 heavy (non-hydrogen) atoms. The van der Waals surface area contributed by atoms with Crippen molar-refractivity contribution in [2.75, 3.05) is 7.11 Å². The molecule has 1 fully saturated rings. The first-order chi connectivity index (χ1) is 9.36. The maximum atomic E-state index is 11.6. The Morgan fingerprint density at radius 2 is 1.90 bits per heavy atom. The highest BCUT2D eigenvalue weighted by atomic mass is 16.5. The Labute approximate surface area is 119 Å². The summed E-state index contributed by atoms with van der Waals surface area (Å²) in [6.07, 6.45) is 5.67. The lowest BCUT2D eigenvalue weighted by Gasteiger charge is -2.23. The Morgan fingerprint density at radius 3 is 2.35 bits per heavy atom. The highest BCUT2D eigenvalue weighted by Crippen LogP contribution is 2.37. The van der Waals surface area contributed by atoms with Crippen LogP contribution in [0.25, 0.3) is 0 Å². The number of aromatic nitrogens is 2. The predicted molar refractivity (Wildman–Crippen MR) is 76.6 cm³/mol. The molecule has 5 nitrogen and oxygen atoms in total. The second-order valence-corrected chi connectivity index (χ2v) is 6.52. The minimum atomic E-state index is -0.964. The van der Waals surface area contributed by atoms with Crippen LogP contribution in [0.4, 0.5) is 0 Å². The maximum Gasteiger partial charge on any atom is 0.343 e. The lowest BCUT2D eigenvalue weighted by atomic mass is 9.89. The zero-order valence-corrected chi connectivity index (χ0v) is 12.8. The van der Waals surface area contributed by atoms with Crippen LogP contribution in [0.3, 0.4) is 0 Å². The first-order valence-corrected chi connectivity index (χ1v) is 7.26. The van der Waals surface area contributed by atoms with Gasteiger partial charge in [-0.3, -0.25) is 0 Å². The highest BCUT2D eigenvalue weighted by molar-refractivity contribution is 5.92. The van der Waals surface area contributed by atoms with Crippen LogP contribution in [-0.2, 0) is 5.41 Å². The number of aromatic carboxylic acids is 1. The molecule has 0 atom stereocenters. The molecule has 1 aromatic heterocycles. The summed E-state index contributed by atoms with van der Waals surface area (Å²) in [4.78, 5) is 11.6. The molecule has 5 heteroatoms. The molecular formula is C15H24N2O3. The van der Waals surface area contributed by atoms with Gasteiger partial charge in [0.15, 0.2) is 0 Å². The van der Waals surface area contributed by atoms with Crippen LogP contribution in [0.1, 0.15) is 75.0 Å². The number of carboxylic acids is 1. The van der Waals surface area contributed by atoms with Crippen molar-refractivity contribution >= 4 is 5.97 Å². The van der Waals surface area contributed by atoms with Crippen LogP contribution in [0.5, 0.6) is 5.88 Å². The van der Waals surface area contributed by atoms with Crippen LogP contribution in [-0.4, -0.2) is 28.0 Å². The van der Waals surface area contributed by atoms with E-state index >= 15 is 0 Å². The summed E-state index contributed by atoms with van der Waals surface area (Å²) in [5.41, 5.74) is 0.499. The van der Waals surface area contributed by atoms with Crippen molar-refractivity contribution in [3.63, 3.8) is 0 Å². The van der Waals surface area contributed by atoms with Gasteiger partial charge in [-0.05, 0) is 12.8 Å². The molecule has 0 aromatic carbocycles. The first kappa shape index (κ1) is 14.9. The molecule has 1 heterocycles. The predicted octanol–water partition coefficient (Wildman–Crippen LogP) is 3.39. The number of methoxy groups -OCH3 is 1. The summed E-state index contributed by atoms with van der Waals surface area (Å²) in [7, 11) is 1.52.